The number of carbonyl (C=O) groups is 1. The molecule has 10 heteroatoms. The van der Waals surface area contributed by atoms with Gasteiger partial charge >= 0.3 is 0 Å². The molecule has 2 heterocycles. The summed E-state index contributed by atoms with van der Waals surface area (Å²) in [6.45, 7) is 1.06. The molecule has 0 bridgehead atoms. The molecule has 3 aromatic carbocycles. The number of ether oxygens (including phenoxy) is 1. The molecule has 0 aliphatic carbocycles. The van der Waals surface area contributed by atoms with Crippen molar-refractivity contribution in [1.29, 1.82) is 0 Å². The highest BCUT2D eigenvalue weighted by atomic mass is 35.5. The van der Waals surface area contributed by atoms with Gasteiger partial charge in [0.15, 0.2) is 0 Å². The molecule has 0 spiro atoms. The Bertz CT molecular complexity index is 1570. The van der Waals surface area contributed by atoms with Crippen LogP contribution in [0.25, 0.3) is 5.69 Å². The standard InChI is InChI=1S/C29H26Cl2N4O3S/c1-38-21-8-3-18(4-9-21)16-32-29-33-26-17-34(27(36)19-5-12-24(30)25(31)15-19)14-13-23(26)28(37)35(29)20-6-10-22(39-2)11-7-20/h3-12,15H,13-14,16-17H2,1-2H3,(H,32,33). The Balaban J connectivity index is 1.50. The average Bonchev–Trinajstić information content (AvgIpc) is 2.97. The highest BCUT2D eigenvalue weighted by Gasteiger charge is 2.27. The van der Waals surface area contributed by atoms with Gasteiger partial charge in [0.1, 0.15) is 5.75 Å². The number of nitrogens with one attached hydrogen (secondary N) is 1. The number of thioether (sulfide) groups is 1. The topological polar surface area (TPSA) is 76.5 Å². The maximum atomic E-state index is 13.8. The fourth-order valence-electron chi connectivity index (χ4n) is 4.49. The highest BCUT2D eigenvalue weighted by molar-refractivity contribution is 7.98. The van der Waals surface area contributed by atoms with E-state index < -0.39 is 0 Å². The van der Waals surface area contributed by atoms with Gasteiger partial charge in [-0.05, 0) is 72.8 Å². The quantitative estimate of drug-likeness (QED) is 0.267. The third-order valence-electron chi connectivity index (χ3n) is 6.63. The van der Waals surface area contributed by atoms with Crippen LogP contribution in [0.2, 0.25) is 10.0 Å². The number of nitrogens with zero attached hydrogens (tertiary/aromatic N) is 3. The number of methoxy groups -OCH3 is 1. The second-order valence-electron chi connectivity index (χ2n) is 9.01. The largest absolute Gasteiger partial charge is 0.497 e. The zero-order valence-corrected chi connectivity index (χ0v) is 23.7. The van der Waals surface area contributed by atoms with Gasteiger partial charge in [0.05, 0.1) is 35.1 Å². The van der Waals surface area contributed by atoms with E-state index in [1.165, 1.54) is 0 Å². The Morgan fingerprint density at radius 1 is 1.05 bits per heavy atom. The Hall–Kier alpha value is -3.46. The first kappa shape index (κ1) is 27.1. The van der Waals surface area contributed by atoms with Crippen LogP contribution < -0.4 is 15.6 Å². The van der Waals surface area contributed by atoms with Gasteiger partial charge in [-0.3, -0.25) is 9.59 Å². The summed E-state index contributed by atoms with van der Waals surface area (Å²) in [4.78, 5) is 34.7. The van der Waals surface area contributed by atoms with Crippen LogP contribution in [0.4, 0.5) is 5.95 Å². The third-order valence-corrected chi connectivity index (χ3v) is 8.11. The number of hydrogen-bond acceptors (Lipinski definition) is 6. The van der Waals surface area contributed by atoms with E-state index in [0.717, 1.165) is 21.9 Å². The van der Waals surface area contributed by atoms with Crippen molar-refractivity contribution >= 4 is 46.8 Å². The Labute approximate surface area is 240 Å². The summed E-state index contributed by atoms with van der Waals surface area (Å²) in [5, 5.41) is 4.05. The lowest BCUT2D eigenvalue weighted by molar-refractivity contribution is 0.0731. The summed E-state index contributed by atoms with van der Waals surface area (Å²) in [5.41, 5.74) is 3.21. The minimum atomic E-state index is -0.189. The molecule has 7 nitrogen and oxygen atoms in total. The van der Waals surface area contributed by atoms with E-state index in [9.17, 15) is 9.59 Å². The number of halogens is 2. The van der Waals surface area contributed by atoms with Crippen LogP contribution in [0.3, 0.4) is 0 Å². The molecular formula is C29H26Cl2N4O3S. The minimum Gasteiger partial charge on any atom is -0.497 e. The predicted octanol–water partition coefficient (Wildman–Crippen LogP) is 6.08. The van der Waals surface area contributed by atoms with Gasteiger partial charge in [-0.15, -0.1) is 11.8 Å². The van der Waals surface area contributed by atoms with Crippen LogP contribution in [-0.4, -0.2) is 40.3 Å². The molecule has 0 unspecified atom stereocenters. The van der Waals surface area contributed by atoms with Crippen LogP contribution in [-0.2, 0) is 19.5 Å². The van der Waals surface area contributed by atoms with Crippen molar-refractivity contribution < 1.29 is 9.53 Å². The maximum absolute atomic E-state index is 13.8. The van der Waals surface area contributed by atoms with E-state index in [1.54, 1.807) is 46.5 Å². The van der Waals surface area contributed by atoms with Gasteiger partial charge in [-0.2, -0.15) is 0 Å². The molecule has 4 aromatic rings. The number of anilines is 1. The molecule has 1 aromatic heterocycles. The summed E-state index contributed by atoms with van der Waals surface area (Å²) in [7, 11) is 1.63. The molecule has 0 saturated heterocycles. The number of aromatic nitrogens is 2. The van der Waals surface area contributed by atoms with E-state index in [-0.39, 0.29) is 18.0 Å². The molecule has 0 radical (unpaired) electrons. The van der Waals surface area contributed by atoms with E-state index in [2.05, 4.69) is 5.32 Å². The van der Waals surface area contributed by atoms with Gasteiger partial charge in [-0.25, -0.2) is 9.55 Å². The summed E-state index contributed by atoms with van der Waals surface area (Å²) >= 11 is 13.8. The summed E-state index contributed by atoms with van der Waals surface area (Å²) in [6.07, 6.45) is 2.41. The Morgan fingerprint density at radius 3 is 2.46 bits per heavy atom. The van der Waals surface area contributed by atoms with Gasteiger partial charge in [0.2, 0.25) is 5.95 Å². The van der Waals surface area contributed by atoms with E-state index in [4.69, 9.17) is 32.9 Å². The molecule has 200 valence electrons. The second kappa shape index (κ2) is 11.7. The van der Waals surface area contributed by atoms with Gasteiger partial charge in [0, 0.05) is 29.1 Å². The lowest BCUT2D eigenvalue weighted by atomic mass is 10.0. The first-order chi connectivity index (χ1) is 18.9. The van der Waals surface area contributed by atoms with Gasteiger partial charge < -0.3 is 15.0 Å². The zero-order chi connectivity index (χ0) is 27.5. The first-order valence-electron chi connectivity index (χ1n) is 12.3. The number of benzene rings is 3. The van der Waals surface area contributed by atoms with E-state index >= 15 is 0 Å². The van der Waals surface area contributed by atoms with Crippen molar-refractivity contribution in [3.05, 3.63) is 110 Å². The summed E-state index contributed by atoms with van der Waals surface area (Å²) < 4.78 is 6.87. The second-order valence-corrected chi connectivity index (χ2v) is 10.7. The van der Waals surface area contributed by atoms with Crippen molar-refractivity contribution in [3.63, 3.8) is 0 Å². The van der Waals surface area contributed by atoms with Crippen LogP contribution in [0.5, 0.6) is 5.75 Å². The van der Waals surface area contributed by atoms with E-state index in [0.29, 0.717) is 52.3 Å². The third kappa shape index (κ3) is 5.78. The van der Waals surface area contributed by atoms with Crippen molar-refractivity contribution in [2.75, 3.05) is 25.2 Å². The molecule has 0 atom stereocenters. The molecular weight excluding hydrogens is 555 g/mol. The fourth-order valence-corrected chi connectivity index (χ4v) is 5.19. The molecule has 1 aliphatic heterocycles. The number of amides is 1. The monoisotopic (exact) mass is 580 g/mol. The summed E-state index contributed by atoms with van der Waals surface area (Å²) in [6, 6.07) is 20.3. The number of fused-ring (bicyclic) bond motifs is 1. The van der Waals surface area contributed by atoms with Gasteiger partial charge in [0.25, 0.3) is 11.5 Å². The van der Waals surface area contributed by atoms with Crippen LogP contribution >= 0.6 is 35.0 Å². The predicted molar refractivity (Wildman–Crippen MR) is 157 cm³/mol. The maximum Gasteiger partial charge on any atom is 0.263 e. The number of rotatable bonds is 7. The highest BCUT2D eigenvalue weighted by Crippen LogP contribution is 2.26. The van der Waals surface area contributed by atoms with Crippen LogP contribution in [0, 0.1) is 0 Å². The van der Waals surface area contributed by atoms with Crippen LogP contribution in [0.1, 0.15) is 27.2 Å². The summed E-state index contributed by atoms with van der Waals surface area (Å²) in [5.74, 6) is 0.990. The number of carbonyl (C=O) groups excluding carboxylic acids is 1. The lowest BCUT2D eigenvalue weighted by Gasteiger charge is -2.29. The normalized spacial score (nSPS) is 12.7. The molecule has 39 heavy (non-hydrogen) atoms. The molecule has 0 fully saturated rings. The van der Waals surface area contributed by atoms with E-state index in [1.807, 2.05) is 54.8 Å². The van der Waals surface area contributed by atoms with Gasteiger partial charge in [-0.1, -0.05) is 35.3 Å². The molecule has 1 amide bonds. The number of hydrogen-bond donors (Lipinski definition) is 1. The van der Waals surface area contributed by atoms with Crippen molar-refractivity contribution in [1.82, 2.24) is 14.5 Å². The molecule has 1 N–H and O–H groups in total. The first-order valence-corrected chi connectivity index (χ1v) is 14.3. The molecule has 5 rings (SSSR count). The van der Waals surface area contributed by atoms with Crippen molar-refractivity contribution in [2.24, 2.45) is 0 Å². The molecule has 0 saturated carbocycles. The zero-order valence-electron chi connectivity index (χ0n) is 21.4. The lowest BCUT2D eigenvalue weighted by Crippen LogP contribution is -2.40. The smallest absolute Gasteiger partial charge is 0.263 e. The Morgan fingerprint density at radius 2 is 1.79 bits per heavy atom. The fraction of sp³-hybridized carbons (Fsp3) is 0.207. The average molecular weight is 582 g/mol. The molecule has 1 aliphatic rings. The van der Waals surface area contributed by atoms with Crippen molar-refractivity contribution in [2.45, 2.75) is 24.4 Å². The van der Waals surface area contributed by atoms with Crippen LogP contribution in [0.15, 0.2) is 76.4 Å². The minimum absolute atomic E-state index is 0.143. The van der Waals surface area contributed by atoms with Crippen molar-refractivity contribution in [3.8, 4) is 11.4 Å². The Kier molecular flexibility index (Phi) is 8.16. The SMILES string of the molecule is COc1ccc(CNc2nc3c(c(=O)n2-c2ccc(SC)cc2)CCN(C(=O)c2ccc(Cl)c(Cl)c2)C3)cc1.